The number of oxime groups is 1. The largest absolute Gasteiger partial charge is 0.443 e. The molecular formula is C24H31N7O4. The Labute approximate surface area is 204 Å². The molecule has 186 valence electrons. The molecule has 1 amide bonds. The number of carbonyl (C=O) groups excluding carboxylic acids is 1. The zero-order chi connectivity index (χ0) is 25.1. The highest BCUT2D eigenvalue weighted by Gasteiger charge is 2.23. The Morgan fingerprint density at radius 2 is 1.94 bits per heavy atom. The minimum absolute atomic E-state index is 0.0785. The first-order valence-corrected chi connectivity index (χ1v) is 11.4. The van der Waals surface area contributed by atoms with Gasteiger partial charge in [0, 0.05) is 25.8 Å². The number of ether oxygens (including phenoxy) is 2. The van der Waals surface area contributed by atoms with Crippen LogP contribution in [0.3, 0.4) is 0 Å². The second-order valence-electron chi connectivity index (χ2n) is 8.29. The normalized spacial score (nSPS) is 11.8. The quantitative estimate of drug-likeness (QED) is 0.236. The van der Waals surface area contributed by atoms with E-state index in [1.165, 1.54) is 4.68 Å². The zero-order valence-electron chi connectivity index (χ0n) is 20.5. The smallest absolute Gasteiger partial charge is 0.413 e. The van der Waals surface area contributed by atoms with Crippen LogP contribution in [0, 0.1) is 0 Å². The lowest BCUT2D eigenvalue weighted by atomic mass is 10.0. The van der Waals surface area contributed by atoms with Gasteiger partial charge >= 0.3 is 6.09 Å². The Bertz CT molecular complexity index is 1120. The van der Waals surface area contributed by atoms with Gasteiger partial charge in [0.1, 0.15) is 11.4 Å². The van der Waals surface area contributed by atoms with Gasteiger partial charge in [-0.15, -0.1) is 5.10 Å². The highest BCUT2D eigenvalue weighted by molar-refractivity contribution is 6.10. The number of hydrogen-bond donors (Lipinski definition) is 1. The maximum Gasteiger partial charge on any atom is 0.413 e. The van der Waals surface area contributed by atoms with Crippen molar-refractivity contribution in [3.05, 3.63) is 65.6 Å². The number of aromatic nitrogens is 5. The molecule has 1 aromatic carbocycles. The molecule has 0 atom stereocenters. The van der Waals surface area contributed by atoms with Crippen molar-refractivity contribution in [3.63, 3.8) is 0 Å². The first-order chi connectivity index (χ1) is 16.9. The van der Waals surface area contributed by atoms with E-state index in [1.807, 2.05) is 51.1 Å². The first kappa shape index (κ1) is 25.8. The van der Waals surface area contributed by atoms with Gasteiger partial charge in [0.15, 0.2) is 12.3 Å². The molecule has 0 aliphatic carbocycles. The maximum absolute atomic E-state index is 12.4. The van der Waals surface area contributed by atoms with Crippen LogP contribution in [0.25, 0.3) is 0 Å². The van der Waals surface area contributed by atoms with E-state index < -0.39 is 11.7 Å². The van der Waals surface area contributed by atoms with E-state index in [0.717, 1.165) is 12.0 Å². The van der Waals surface area contributed by atoms with E-state index in [0.29, 0.717) is 42.7 Å². The summed E-state index contributed by atoms with van der Waals surface area (Å²) >= 11 is 0. The zero-order valence-corrected chi connectivity index (χ0v) is 20.5. The molecule has 0 spiro atoms. The molecule has 3 rings (SSSR count). The summed E-state index contributed by atoms with van der Waals surface area (Å²) in [5, 5.41) is 18.5. The molecule has 3 aromatic rings. The Hall–Kier alpha value is -3.86. The Morgan fingerprint density at radius 1 is 1.14 bits per heavy atom. The van der Waals surface area contributed by atoms with Gasteiger partial charge in [-0.2, -0.15) is 0 Å². The number of amides is 1. The van der Waals surface area contributed by atoms with Crippen molar-refractivity contribution in [1.29, 1.82) is 0 Å². The summed E-state index contributed by atoms with van der Waals surface area (Å²) in [6.45, 7) is 7.07. The van der Waals surface area contributed by atoms with Crippen molar-refractivity contribution in [2.24, 2.45) is 12.2 Å². The molecule has 0 unspecified atom stereocenters. The van der Waals surface area contributed by atoms with Crippen molar-refractivity contribution in [2.45, 2.75) is 45.8 Å². The fraction of sp³-hybridized carbons (Fsp3) is 0.417. The van der Waals surface area contributed by atoms with Crippen LogP contribution in [0.2, 0.25) is 0 Å². The predicted molar refractivity (Wildman–Crippen MR) is 130 cm³/mol. The van der Waals surface area contributed by atoms with E-state index in [-0.39, 0.29) is 6.61 Å². The molecular weight excluding hydrogens is 450 g/mol. The molecule has 0 aliphatic heterocycles. The summed E-state index contributed by atoms with van der Waals surface area (Å²) in [5.41, 5.74) is 1.24. The molecule has 11 heteroatoms. The van der Waals surface area contributed by atoms with E-state index in [1.54, 1.807) is 25.2 Å². The average Bonchev–Trinajstić information content (AvgIpc) is 3.25. The molecule has 35 heavy (non-hydrogen) atoms. The molecule has 0 fully saturated rings. The third kappa shape index (κ3) is 8.14. The number of nitrogens with one attached hydrogen (secondary N) is 1. The van der Waals surface area contributed by atoms with Crippen LogP contribution < -0.4 is 5.32 Å². The summed E-state index contributed by atoms with van der Waals surface area (Å²) in [5.74, 6) is 0.817. The molecule has 0 saturated heterocycles. The number of pyridine rings is 1. The monoisotopic (exact) mass is 481 g/mol. The van der Waals surface area contributed by atoms with Gasteiger partial charge in [0.2, 0.25) is 5.82 Å². The van der Waals surface area contributed by atoms with Crippen LogP contribution in [0.4, 0.5) is 10.6 Å². The van der Waals surface area contributed by atoms with Gasteiger partial charge in [-0.25, -0.2) is 14.5 Å². The summed E-state index contributed by atoms with van der Waals surface area (Å²) in [7, 11) is 1.73. The molecule has 0 aliphatic rings. The fourth-order valence-corrected chi connectivity index (χ4v) is 3.22. The van der Waals surface area contributed by atoms with Crippen LogP contribution >= 0.6 is 0 Å². The van der Waals surface area contributed by atoms with Crippen molar-refractivity contribution in [2.75, 3.05) is 18.5 Å². The van der Waals surface area contributed by atoms with Crippen LogP contribution in [0.15, 0.2) is 53.7 Å². The van der Waals surface area contributed by atoms with Crippen molar-refractivity contribution in [1.82, 2.24) is 25.2 Å². The number of aryl methyl sites for hydroxylation is 1. The number of benzene rings is 1. The van der Waals surface area contributed by atoms with Gasteiger partial charge in [0.25, 0.3) is 0 Å². The van der Waals surface area contributed by atoms with Crippen LogP contribution in [-0.4, -0.2) is 55.8 Å². The predicted octanol–water partition coefficient (Wildman–Crippen LogP) is 3.72. The standard InChI is InChI=1S/C24H31N7O4/c1-5-33-16-10-15-24(2,3)35-23(32)26-20-14-9-13-19(25-20)17-34-28-21(18-11-7-6-8-12-18)22-27-29-30-31(22)4/h6-9,11-14H,5,10,15-17H2,1-4H3,(H,25,26,32)/b28-21-. The minimum Gasteiger partial charge on any atom is -0.443 e. The van der Waals surface area contributed by atoms with Crippen LogP contribution in [-0.2, 0) is 28.0 Å². The second-order valence-corrected chi connectivity index (χ2v) is 8.29. The summed E-state index contributed by atoms with van der Waals surface area (Å²) in [4.78, 5) is 22.4. The molecule has 0 bridgehead atoms. The minimum atomic E-state index is -0.626. The van der Waals surface area contributed by atoms with E-state index in [9.17, 15) is 4.79 Å². The van der Waals surface area contributed by atoms with Gasteiger partial charge in [-0.1, -0.05) is 41.6 Å². The number of hydrogen-bond acceptors (Lipinski definition) is 9. The van der Waals surface area contributed by atoms with E-state index >= 15 is 0 Å². The highest BCUT2D eigenvalue weighted by atomic mass is 16.6. The summed E-state index contributed by atoms with van der Waals surface area (Å²) in [6, 6.07) is 14.7. The Kier molecular flexibility index (Phi) is 9.24. The Morgan fingerprint density at radius 3 is 2.66 bits per heavy atom. The molecule has 1 N–H and O–H groups in total. The number of tetrazole rings is 1. The summed E-state index contributed by atoms with van der Waals surface area (Å²) < 4.78 is 12.4. The lowest BCUT2D eigenvalue weighted by Gasteiger charge is -2.25. The highest BCUT2D eigenvalue weighted by Crippen LogP contribution is 2.18. The van der Waals surface area contributed by atoms with Crippen molar-refractivity contribution < 1.29 is 19.1 Å². The lowest BCUT2D eigenvalue weighted by Crippen LogP contribution is -2.31. The van der Waals surface area contributed by atoms with Crippen LogP contribution in [0.1, 0.15) is 50.7 Å². The van der Waals surface area contributed by atoms with Crippen LogP contribution in [0.5, 0.6) is 0 Å². The molecule has 0 radical (unpaired) electrons. The van der Waals surface area contributed by atoms with Gasteiger partial charge in [-0.3, -0.25) is 5.32 Å². The SMILES string of the molecule is CCOCCCC(C)(C)OC(=O)Nc1cccc(CO/N=C(/c2ccccc2)c2nnnn2C)n1. The van der Waals surface area contributed by atoms with E-state index in [2.05, 4.69) is 31.0 Å². The van der Waals surface area contributed by atoms with Gasteiger partial charge < -0.3 is 14.3 Å². The fourth-order valence-electron chi connectivity index (χ4n) is 3.22. The number of carbonyl (C=O) groups is 1. The molecule has 11 nitrogen and oxygen atoms in total. The van der Waals surface area contributed by atoms with Gasteiger partial charge in [0.05, 0.1) is 5.69 Å². The van der Waals surface area contributed by atoms with Crippen molar-refractivity contribution >= 4 is 17.6 Å². The number of nitrogens with zero attached hydrogens (tertiary/aromatic N) is 6. The third-order valence-electron chi connectivity index (χ3n) is 4.92. The molecule has 2 aromatic heterocycles. The summed E-state index contributed by atoms with van der Waals surface area (Å²) in [6.07, 6.45) is 0.913. The topological polar surface area (TPSA) is 126 Å². The first-order valence-electron chi connectivity index (χ1n) is 11.4. The van der Waals surface area contributed by atoms with Crippen molar-refractivity contribution in [3.8, 4) is 0 Å². The lowest BCUT2D eigenvalue weighted by molar-refractivity contribution is 0.0323. The number of rotatable bonds is 12. The Balaban J connectivity index is 1.60. The average molecular weight is 482 g/mol. The molecule has 2 heterocycles. The third-order valence-corrected chi connectivity index (χ3v) is 4.92. The van der Waals surface area contributed by atoms with Gasteiger partial charge in [-0.05, 0) is 56.2 Å². The number of anilines is 1. The molecule has 0 saturated carbocycles. The second kappa shape index (κ2) is 12.6. The van der Waals surface area contributed by atoms with E-state index in [4.69, 9.17) is 14.3 Å². The maximum atomic E-state index is 12.4.